The number of aromatic nitrogens is 1. The van der Waals surface area contributed by atoms with Crippen LogP contribution in [0.2, 0.25) is 0 Å². The Morgan fingerprint density at radius 2 is 1.80 bits per heavy atom. The maximum absolute atomic E-state index is 4.53. The van der Waals surface area contributed by atoms with E-state index in [1.165, 1.54) is 11.1 Å². The molecule has 0 aliphatic carbocycles. The fourth-order valence-corrected chi connectivity index (χ4v) is 2.68. The number of pyridine rings is 1. The number of nitrogens with zero attached hydrogens (tertiary/aromatic N) is 2. The van der Waals surface area contributed by atoms with Crippen molar-refractivity contribution < 1.29 is 0 Å². The van der Waals surface area contributed by atoms with Crippen molar-refractivity contribution >= 4 is 12.6 Å². The molecule has 1 aromatic heterocycles. The van der Waals surface area contributed by atoms with Crippen molar-refractivity contribution in [3.63, 3.8) is 0 Å². The van der Waals surface area contributed by atoms with Crippen molar-refractivity contribution in [2.75, 3.05) is 18.8 Å². The summed E-state index contributed by atoms with van der Waals surface area (Å²) in [6.07, 6.45) is 3.72. The molecule has 0 amide bonds. The van der Waals surface area contributed by atoms with Crippen LogP contribution in [0.1, 0.15) is 24.0 Å². The zero-order valence-corrected chi connectivity index (χ0v) is 12.8. The van der Waals surface area contributed by atoms with Crippen molar-refractivity contribution in [1.29, 1.82) is 0 Å². The first-order valence-electron chi connectivity index (χ1n) is 7.10. The van der Waals surface area contributed by atoms with Crippen LogP contribution in [0.3, 0.4) is 0 Å². The lowest BCUT2D eigenvalue weighted by Crippen LogP contribution is -2.29. The summed E-state index contributed by atoms with van der Waals surface area (Å²) in [7, 11) is 0. The average molecular weight is 286 g/mol. The second-order valence-electron chi connectivity index (χ2n) is 4.97. The van der Waals surface area contributed by atoms with E-state index in [1.807, 2.05) is 12.4 Å². The minimum absolute atomic E-state index is 0.473. The standard InChI is InChI=1S/C17H22N2S/c1-2-19(12-15-8-10-18-11-9-15)13-17(14-20)16-6-4-3-5-7-16/h3-11,17,20H,2,12-14H2,1H3. The molecule has 0 aliphatic rings. The van der Waals surface area contributed by atoms with Gasteiger partial charge in [-0.25, -0.2) is 0 Å². The van der Waals surface area contributed by atoms with Gasteiger partial charge in [0.15, 0.2) is 0 Å². The lowest BCUT2D eigenvalue weighted by atomic mass is 10.0. The van der Waals surface area contributed by atoms with Gasteiger partial charge in [-0.2, -0.15) is 12.6 Å². The molecule has 1 aromatic carbocycles. The van der Waals surface area contributed by atoms with Crippen LogP contribution < -0.4 is 0 Å². The van der Waals surface area contributed by atoms with Crippen LogP contribution in [0.25, 0.3) is 0 Å². The van der Waals surface area contributed by atoms with Crippen LogP contribution in [0.15, 0.2) is 54.9 Å². The van der Waals surface area contributed by atoms with E-state index in [2.05, 4.69) is 71.9 Å². The highest BCUT2D eigenvalue weighted by Crippen LogP contribution is 2.19. The van der Waals surface area contributed by atoms with Gasteiger partial charge in [-0.1, -0.05) is 37.3 Å². The SMILES string of the molecule is CCN(Cc1ccncc1)CC(CS)c1ccccc1. The van der Waals surface area contributed by atoms with Gasteiger partial charge >= 0.3 is 0 Å². The number of rotatable bonds is 7. The van der Waals surface area contributed by atoms with Gasteiger partial charge < -0.3 is 0 Å². The Morgan fingerprint density at radius 3 is 2.40 bits per heavy atom. The third-order valence-electron chi connectivity index (χ3n) is 3.57. The smallest absolute Gasteiger partial charge is 0.0271 e. The Hall–Kier alpha value is -1.32. The van der Waals surface area contributed by atoms with E-state index >= 15 is 0 Å². The zero-order valence-electron chi connectivity index (χ0n) is 11.9. The van der Waals surface area contributed by atoms with Crippen LogP contribution in [-0.4, -0.2) is 28.7 Å². The number of benzene rings is 1. The quantitative estimate of drug-likeness (QED) is 0.783. The summed E-state index contributed by atoms with van der Waals surface area (Å²) in [6.45, 7) is 5.25. The van der Waals surface area contributed by atoms with Gasteiger partial charge in [-0.05, 0) is 35.6 Å². The van der Waals surface area contributed by atoms with Gasteiger partial charge in [0.05, 0.1) is 0 Å². The average Bonchev–Trinajstić information content (AvgIpc) is 2.53. The largest absolute Gasteiger partial charge is 0.299 e. The van der Waals surface area contributed by atoms with E-state index in [0.717, 1.165) is 25.4 Å². The predicted molar refractivity (Wildman–Crippen MR) is 88.2 cm³/mol. The molecule has 2 rings (SSSR count). The van der Waals surface area contributed by atoms with Crippen molar-refractivity contribution in [2.24, 2.45) is 0 Å². The molecule has 0 N–H and O–H groups in total. The van der Waals surface area contributed by atoms with Crippen LogP contribution >= 0.6 is 12.6 Å². The van der Waals surface area contributed by atoms with Gasteiger partial charge in [0.1, 0.15) is 0 Å². The third kappa shape index (κ3) is 4.36. The maximum atomic E-state index is 4.53. The molecule has 0 radical (unpaired) electrons. The van der Waals surface area contributed by atoms with Crippen LogP contribution in [0.5, 0.6) is 0 Å². The normalized spacial score (nSPS) is 12.6. The number of thiol groups is 1. The molecule has 0 saturated carbocycles. The summed E-state index contributed by atoms with van der Waals surface area (Å²) >= 11 is 4.53. The molecule has 0 spiro atoms. The second-order valence-corrected chi connectivity index (χ2v) is 5.34. The highest BCUT2D eigenvalue weighted by atomic mass is 32.1. The highest BCUT2D eigenvalue weighted by Gasteiger charge is 2.14. The molecule has 1 atom stereocenters. The fourth-order valence-electron chi connectivity index (χ4n) is 2.36. The Kier molecular flexibility index (Phi) is 6.09. The first kappa shape index (κ1) is 15.1. The Labute approximate surface area is 127 Å². The molecule has 1 unspecified atom stereocenters. The van der Waals surface area contributed by atoms with E-state index in [0.29, 0.717) is 5.92 Å². The topological polar surface area (TPSA) is 16.1 Å². The lowest BCUT2D eigenvalue weighted by molar-refractivity contribution is 0.267. The zero-order chi connectivity index (χ0) is 14.2. The van der Waals surface area contributed by atoms with Gasteiger partial charge in [-0.3, -0.25) is 9.88 Å². The van der Waals surface area contributed by atoms with Crippen LogP contribution in [0, 0.1) is 0 Å². The monoisotopic (exact) mass is 286 g/mol. The number of hydrogen-bond acceptors (Lipinski definition) is 3. The van der Waals surface area contributed by atoms with Crippen LogP contribution in [-0.2, 0) is 6.54 Å². The van der Waals surface area contributed by atoms with Gasteiger partial charge in [0.2, 0.25) is 0 Å². The number of hydrogen-bond donors (Lipinski definition) is 1. The van der Waals surface area contributed by atoms with E-state index in [1.54, 1.807) is 0 Å². The molecular formula is C17H22N2S. The summed E-state index contributed by atoms with van der Waals surface area (Å²) in [5.74, 6) is 1.35. The van der Waals surface area contributed by atoms with E-state index in [4.69, 9.17) is 0 Å². The molecule has 2 aromatic rings. The molecule has 106 valence electrons. The summed E-state index contributed by atoms with van der Waals surface area (Å²) in [5.41, 5.74) is 2.68. The summed E-state index contributed by atoms with van der Waals surface area (Å²) in [5, 5.41) is 0. The predicted octanol–water partition coefficient (Wildman–Crippen LogP) is 3.62. The third-order valence-corrected chi connectivity index (χ3v) is 4.01. The van der Waals surface area contributed by atoms with Crippen molar-refractivity contribution in [2.45, 2.75) is 19.4 Å². The first-order valence-corrected chi connectivity index (χ1v) is 7.73. The van der Waals surface area contributed by atoms with E-state index in [9.17, 15) is 0 Å². The summed E-state index contributed by atoms with van der Waals surface area (Å²) in [6, 6.07) is 14.8. The summed E-state index contributed by atoms with van der Waals surface area (Å²) < 4.78 is 0. The minimum atomic E-state index is 0.473. The van der Waals surface area contributed by atoms with E-state index in [-0.39, 0.29) is 0 Å². The summed E-state index contributed by atoms with van der Waals surface area (Å²) in [4.78, 5) is 6.53. The van der Waals surface area contributed by atoms with Gasteiger partial charge in [-0.15, -0.1) is 0 Å². The first-order chi connectivity index (χ1) is 9.83. The number of likely N-dealkylation sites (N-methyl/N-ethyl adjacent to an activating group) is 1. The molecule has 1 heterocycles. The molecule has 0 fully saturated rings. The van der Waals surface area contributed by atoms with Gasteiger partial charge in [0, 0.05) is 31.4 Å². The molecular weight excluding hydrogens is 264 g/mol. The van der Waals surface area contributed by atoms with Crippen molar-refractivity contribution in [1.82, 2.24) is 9.88 Å². The Morgan fingerprint density at radius 1 is 1.10 bits per heavy atom. The fraction of sp³-hybridized carbons (Fsp3) is 0.353. The van der Waals surface area contributed by atoms with E-state index < -0.39 is 0 Å². The molecule has 20 heavy (non-hydrogen) atoms. The Bertz CT molecular complexity index is 487. The molecule has 3 heteroatoms. The van der Waals surface area contributed by atoms with Crippen molar-refractivity contribution in [3.8, 4) is 0 Å². The molecule has 2 nitrogen and oxygen atoms in total. The van der Waals surface area contributed by atoms with Gasteiger partial charge in [0.25, 0.3) is 0 Å². The molecule has 0 aliphatic heterocycles. The second kappa shape index (κ2) is 8.08. The minimum Gasteiger partial charge on any atom is -0.299 e. The van der Waals surface area contributed by atoms with Crippen molar-refractivity contribution in [3.05, 3.63) is 66.0 Å². The molecule has 0 saturated heterocycles. The molecule has 0 bridgehead atoms. The maximum Gasteiger partial charge on any atom is 0.0271 e. The Balaban J connectivity index is 2.01. The lowest BCUT2D eigenvalue weighted by Gasteiger charge is -2.26. The highest BCUT2D eigenvalue weighted by molar-refractivity contribution is 7.80. The van der Waals surface area contributed by atoms with Crippen LogP contribution in [0.4, 0.5) is 0 Å².